The predicted molar refractivity (Wildman–Crippen MR) is 112 cm³/mol. The number of para-hydroxylation sites is 1. The highest BCUT2D eigenvalue weighted by Crippen LogP contribution is 2.26. The number of aliphatic imine (C=N–C) groups is 1. The number of amides is 1. The van der Waals surface area contributed by atoms with Gasteiger partial charge in [-0.25, -0.2) is 4.39 Å². The van der Waals surface area contributed by atoms with Crippen LogP contribution in [0.25, 0.3) is 0 Å². The van der Waals surface area contributed by atoms with Crippen molar-refractivity contribution in [1.82, 2.24) is 9.80 Å². The number of piperazine rings is 1. The first-order chi connectivity index (χ1) is 14.1. The molecule has 0 unspecified atom stereocenters. The SMILES string of the molecule is COc1cc(Cl)ccc1C(=O)N1CCN=C1N1CCN(c2ccccc2F)CC1. The van der Waals surface area contributed by atoms with Gasteiger partial charge in [-0.2, -0.15) is 0 Å². The third-order valence-corrected chi connectivity index (χ3v) is 5.45. The molecule has 0 radical (unpaired) electrons. The van der Waals surface area contributed by atoms with Gasteiger partial charge >= 0.3 is 0 Å². The fourth-order valence-corrected chi connectivity index (χ4v) is 3.90. The van der Waals surface area contributed by atoms with Gasteiger partial charge in [0.05, 0.1) is 24.9 Å². The maximum Gasteiger partial charge on any atom is 0.264 e. The summed E-state index contributed by atoms with van der Waals surface area (Å²) >= 11 is 6.02. The Bertz CT molecular complexity index is 944. The highest BCUT2D eigenvalue weighted by atomic mass is 35.5. The maximum absolute atomic E-state index is 14.1. The summed E-state index contributed by atoms with van der Waals surface area (Å²) in [7, 11) is 1.52. The summed E-state index contributed by atoms with van der Waals surface area (Å²) in [5, 5.41) is 0.512. The number of guanidine groups is 1. The normalized spacial score (nSPS) is 16.8. The summed E-state index contributed by atoms with van der Waals surface area (Å²) in [6.07, 6.45) is 0. The van der Waals surface area contributed by atoms with Crippen molar-refractivity contribution < 1.29 is 13.9 Å². The molecule has 2 aromatic carbocycles. The Morgan fingerprint density at radius 1 is 1.07 bits per heavy atom. The molecule has 8 heteroatoms. The molecular formula is C21H22ClFN4O2. The van der Waals surface area contributed by atoms with E-state index in [1.807, 2.05) is 11.0 Å². The fraction of sp³-hybridized carbons (Fsp3) is 0.333. The van der Waals surface area contributed by atoms with Crippen molar-refractivity contribution in [3.05, 3.63) is 58.9 Å². The van der Waals surface area contributed by atoms with Gasteiger partial charge in [0, 0.05) is 37.7 Å². The molecule has 1 amide bonds. The first-order valence-corrected chi connectivity index (χ1v) is 9.90. The van der Waals surface area contributed by atoms with Crippen LogP contribution in [-0.2, 0) is 0 Å². The molecule has 152 valence electrons. The Morgan fingerprint density at radius 3 is 2.52 bits per heavy atom. The van der Waals surface area contributed by atoms with Gasteiger partial charge in [0.1, 0.15) is 11.6 Å². The molecule has 2 aromatic rings. The van der Waals surface area contributed by atoms with Gasteiger partial charge in [-0.15, -0.1) is 0 Å². The largest absolute Gasteiger partial charge is 0.496 e. The number of ether oxygens (including phenoxy) is 1. The number of carbonyl (C=O) groups is 1. The van der Waals surface area contributed by atoms with Crippen LogP contribution in [0, 0.1) is 5.82 Å². The highest BCUT2D eigenvalue weighted by molar-refractivity contribution is 6.31. The van der Waals surface area contributed by atoms with E-state index in [0.717, 1.165) is 0 Å². The van der Waals surface area contributed by atoms with Crippen molar-refractivity contribution in [2.75, 3.05) is 51.3 Å². The van der Waals surface area contributed by atoms with Crippen LogP contribution in [0.5, 0.6) is 5.75 Å². The number of halogens is 2. The lowest BCUT2D eigenvalue weighted by molar-refractivity contribution is 0.0839. The van der Waals surface area contributed by atoms with E-state index >= 15 is 0 Å². The van der Waals surface area contributed by atoms with Crippen molar-refractivity contribution in [3.8, 4) is 5.75 Å². The monoisotopic (exact) mass is 416 g/mol. The minimum absolute atomic E-state index is 0.161. The number of carbonyl (C=O) groups excluding carboxylic acids is 1. The van der Waals surface area contributed by atoms with Gasteiger partial charge in [-0.1, -0.05) is 23.7 Å². The van der Waals surface area contributed by atoms with Gasteiger partial charge in [0.2, 0.25) is 5.96 Å². The van der Waals surface area contributed by atoms with Crippen LogP contribution >= 0.6 is 11.6 Å². The van der Waals surface area contributed by atoms with E-state index in [0.29, 0.717) is 67.3 Å². The lowest BCUT2D eigenvalue weighted by Crippen LogP contribution is -2.53. The van der Waals surface area contributed by atoms with Crippen LogP contribution in [0.1, 0.15) is 10.4 Å². The van der Waals surface area contributed by atoms with Crippen molar-refractivity contribution in [3.63, 3.8) is 0 Å². The smallest absolute Gasteiger partial charge is 0.264 e. The molecule has 29 heavy (non-hydrogen) atoms. The van der Waals surface area contributed by atoms with Crippen LogP contribution in [0.4, 0.5) is 10.1 Å². The summed E-state index contributed by atoms with van der Waals surface area (Å²) in [5.74, 6) is 0.732. The van der Waals surface area contributed by atoms with Gasteiger partial charge in [0.25, 0.3) is 5.91 Å². The number of anilines is 1. The third kappa shape index (κ3) is 3.87. The Hall–Kier alpha value is -2.80. The first-order valence-electron chi connectivity index (χ1n) is 9.53. The average molecular weight is 417 g/mol. The Morgan fingerprint density at radius 2 is 1.79 bits per heavy atom. The molecule has 4 rings (SSSR count). The summed E-state index contributed by atoms with van der Waals surface area (Å²) in [4.78, 5) is 23.5. The molecule has 0 aromatic heterocycles. The minimum atomic E-state index is -0.217. The second-order valence-corrected chi connectivity index (χ2v) is 7.35. The molecule has 0 saturated carbocycles. The number of rotatable bonds is 3. The van der Waals surface area contributed by atoms with Crippen molar-refractivity contribution in [2.45, 2.75) is 0 Å². The molecule has 0 bridgehead atoms. The topological polar surface area (TPSA) is 48.4 Å². The van der Waals surface area contributed by atoms with Crippen LogP contribution in [0.15, 0.2) is 47.5 Å². The van der Waals surface area contributed by atoms with Crippen molar-refractivity contribution in [2.24, 2.45) is 4.99 Å². The minimum Gasteiger partial charge on any atom is -0.496 e. The average Bonchev–Trinajstić information content (AvgIpc) is 3.23. The summed E-state index contributed by atoms with van der Waals surface area (Å²) in [6.45, 7) is 3.72. The van der Waals surface area contributed by atoms with E-state index in [1.165, 1.54) is 13.2 Å². The molecule has 1 fully saturated rings. The molecule has 2 aliphatic heterocycles. The zero-order valence-corrected chi connectivity index (χ0v) is 16.9. The Labute approximate surface area is 174 Å². The van der Waals surface area contributed by atoms with Crippen LogP contribution in [0.2, 0.25) is 5.02 Å². The maximum atomic E-state index is 14.1. The number of benzene rings is 2. The quantitative estimate of drug-likeness (QED) is 0.771. The molecule has 0 N–H and O–H groups in total. The van der Waals surface area contributed by atoms with E-state index in [-0.39, 0.29) is 11.7 Å². The zero-order valence-electron chi connectivity index (χ0n) is 16.1. The molecule has 2 heterocycles. The van der Waals surface area contributed by atoms with Gasteiger partial charge in [-0.3, -0.25) is 14.7 Å². The number of methoxy groups -OCH3 is 1. The molecule has 0 atom stereocenters. The van der Waals surface area contributed by atoms with Gasteiger partial charge < -0.3 is 14.5 Å². The zero-order chi connectivity index (χ0) is 20.4. The van der Waals surface area contributed by atoms with Crippen LogP contribution in [-0.4, -0.2) is 68.0 Å². The van der Waals surface area contributed by atoms with Crippen molar-refractivity contribution in [1.29, 1.82) is 0 Å². The van der Waals surface area contributed by atoms with E-state index in [2.05, 4.69) is 9.89 Å². The first kappa shape index (κ1) is 19.5. The van der Waals surface area contributed by atoms with Crippen LogP contribution in [0.3, 0.4) is 0 Å². The molecule has 2 aliphatic rings. The number of nitrogens with zero attached hydrogens (tertiary/aromatic N) is 4. The molecule has 1 saturated heterocycles. The second kappa shape index (κ2) is 8.29. The Balaban J connectivity index is 1.47. The predicted octanol–water partition coefficient (Wildman–Crippen LogP) is 3.12. The summed E-state index contributed by atoms with van der Waals surface area (Å²) in [6, 6.07) is 11.8. The van der Waals surface area contributed by atoms with Crippen LogP contribution < -0.4 is 9.64 Å². The number of hydrogen-bond acceptors (Lipinski definition) is 5. The summed E-state index contributed by atoms with van der Waals surface area (Å²) in [5.41, 5.74) is 1.07. The highest BCUT2D eigenvalue weighted by Gasteiger charge is 2.32. The molecule has 0 spiro atoms. The second-order valence-electron chi connectivity index (χ2n) is 6.91. The lowest BCUT2D eigenvalue weighted by atomic mass is 10.1. The molecule has 0 aliphatic carbocycles. The van der Waals surface area contributed by atoms with E-state index < -0.39 is 0 Å². The van der Waals surface area contributed by atoms with Gasteiger partial charge in [-0.05, 0) is 30.3 Å². The Kier molecular flexibility index (Phi) is 5.58. The van der Waals surface area contributed by atoms with Crippen molar-refractivity contribution >= 4 is 29.2 Å². The third-order valence-electron chi connectivity index (χ3n) is 5.21. The van der Waals surface area contributed by atoms with Gasteiger partial charge in [0.15, 0.2) is 0 Å². The molecular weight excluding hydrogens is 395 g/mol. The lowest BCUT2D eigenvalue weighted by Gasteiger charge is -2.38. The van der Waals surface area contributed by atoms with E-state index in [1.54, 1.807) is 35.2 Å². The molecule has 6 nitrogen and oxygen atoms in total. The summed E-state index contributed by atoms with van der Waals surface area (Å²) < 4.78 is 19.4. The van der Waals surface area contributed by atoms with E-state index in [4.69, 9.17) is 16.3 Å². The fourth-order valence-electron chi connectivity index (χ4n) is 3.74. The number of hydrogen-bond donors (Lipinski definition) is 0. The standard InChI is InChI=1S/C21H22ClFN4O2/c1-29-19-14-15(22)6-7-16(19)20(28)27-9-8-24-21(27)26-12-10-25(11-13-26)18-5-3-2-4-17(18)23/h2-7,14H,8-13H2,1H3. The van der Waals surface area contributed by atoms with E-state index in [9.17, 15) is 9.18 Å².